The Kier molecular flexibility index (Phi) is 6.18. The number of hydrogen-bond donors (Lipinski definition) is 2. The molecule has 5 heteroatoms. The van der Waals surface area contributed by atoms with Crippen molar-refractivity contribution in [1.82, 2.24) is 0 Å². The van der Waals surface area contributed by atoms with Gasteiger partial charge in [-0.3, -0.25) is 0 Å². The van der Waals surface area contributed by atoms with E-state index in [-0.39, 0.29) is 35.4 Å². The predicted molar refractivity (Wildman–Crippen MR) is 111 cm³/mol. The summed E-state index contributed by atoms with van der Waals surface area (Å²) >= 11 is 0. The lowest BCUT2D eigenvalue weighted by Crippen LogP contribution is -2.64. The summed E-state index contributed by atoms with van der Waals surface area (Å²) in [6.07, 6.45) is 2.66. The molecule has 1 aliphatic heterocycles. The molecule has 0 amide bonds. The highest BCUT2D eigenvalue weighted by atomic mass is 127. The van der Waals surface area contributed by atoms with Gasteiger partial charge in [-0.05, 0) is 36.5 Å². The van der Waals surface area contributed by atoms with E-state index in [1.54, 1.807) is 0 Å². The largest absolute Gasteiger partial charge is 0.377 e. The normalized spacial score (nSPS) is 28.5. The van der Waals surface area contributed by atoms with Gasteiger partial charge in [0.2, 0.25) is 0 Å². The monoisotopic (exact) mass is 443 g/mol. The van der Waals surface area contributed by atoms with Crippen LogP contribution in [0.5, 0.6) is 0 Å². The van der Waals surface area contributed by atoms with E-state index in [4.69, 9.17) is 15.5 Å². The van der Waals surface area contributed by atoms with E-state index in [1.165, 1.54) is 12.0 Å². The molecule has 1 aliphatic carbocycles. The molecule has 0 spiro atoms. The second-order valence-corrected chi connectivity index (χ2v) is 7.78. The molecule has 134 valence electrons. The third-order valence-corrected chi connectivity index (χ3v) is 5.37. The molecule has 3 atom stereocenters. The SMILES string of the molecule is CC(C)c1cccc(NC(N)=NC2C3CCCOC3C2(C)C)c1.I. The van der Waals surface area contributed by atoms with Gasteiger partial charge in [-0.2, -0.15) is 0 Å². The average molecular weight is 443 g/mol. The highest BCUT2D eigenvalue weighted by Crippen LogP contribution is 2.53. The molecule has 1 saturated heterocycles. The number of fused-ring (bicyclic) bond motifs is 1. The number of benzene rings is 1. The third-order valence-electron chi connectivity index (χ3n) is 5.37. The molecule has 1 saturated carbocycles. The molecule has 1 heterocycles. The molecule has 0 aromatic heterocycles. The number of nitrogens with one attached hydrogen (secondary N) is 1. The number of hydrogen-bond acceptors (Lipinski definition) is 2. The Balaban J connectivity index is 0.00000208. The van der Waals surface area contributed by atoms with Crippen LogP contribution in [-0.2, 0) is 4.74 Å². The molecule has 2 aliphatic rings. The second-order valence-electron chi connectivity index (χ2n) is 7.78. The summed E-state index contributed by atoms with van der Waals surface area (Å²) in [6, 6.07) is 8.62. The van der Waals surface area contributed by atoms with Gasteiger partial charge in [0.05, 0.1) is 12.1 Å². The summed E-state index contributed by atoms with van der Waals surface area (Å²) in [4.78, 5) is 4.79. The Morgan fingerprint density at radius 1 is 1.38 bits per heavy atom. The molecular formula is C19H30IN3O. The van der Waals surface area contributed by atoms with Crippen molar-refractivity contribution < 1.29 is 4.74 Å². The van der Waals surface area contributed by atoms with Crippen LogP contribution in [0.15, 0.2) is 29.3 Å². The Labute approximate surface area is 162 Å². The van der Waals surface area contributed by atoms with Gasteiger partial charge in [0.1, 0.15) is 0 Å². The van der Waals surface area contributed by atoms with Crippen molar-refractivity contribution in [2.75, 3.05) is 11.9 Å². The van der Waals surface area contributed by atoms with E-state index in [2.05, 4.69) is 51.2 Å². The number of ether oxygens (including phenoxy) is 1. The summed E-state index contributed by atoms with van der Waals surface area (Å²) in [5.41, 5.74) is 8.55. The van der Waals surface area contributed by atoms with Crippen LogP contribution in [0.25, 0.3) is 0 Å². The second kappa shape index (κ2) is 7.60. The molecule has 1 aromatic rings. The zero-order valence-electron chi connectivity index (χ0n) is 15.1. The van der Waals surface area contributed by atoms with Crippen LogP contribution in [0, 0.1) is 11.3 Å². The average Bonchev–Trinajstić information content (AvgIpc) is 2.53. The molecule has 0 bridgehead atoms. The molecule has 24 heavy (non-hydrogen) atoms. The molecule has 2 fully saturated rings. The highest BCUT2D eigenvalue weighted by Gasteiger charge is 2.58. The zero-order valence-corrected chi connectivity index (χ0v) is 17.4. The first-order chi connectivity index (χ1) is 10.9. The maximum atomic E-state index is 6.18. The molecule has 4 nitrogen and oxygen atoms in total. The number of nitrogens with zero attached hydrogens (tertiary/aromatic N) is 1. The summed E-state index contributed by atoms with van der Waals surface area (Å²) in [5, 5.41) is 3.26. The summed E-state index contributed by atoms with van der Waals surface area (Å²) in [7, 11) is 0. The smallest absolute Gasteiger partial charge is 0.193 e. The van der Waals surface area contributed by atoms with Crippen LogP contribution in [0.3, 0.4) is 0 Å². The lowest BCUT2D eigenvalue weighted by atomic mass is 9.55. The van der Waals surface area contributed by atoms with Crippen molar-refractivity contribution >= 4 is 35.6 Å². The number of anilines is 1. The van der Waals surface area contributed by atoms with Crippen LogP contribution >= 0.6 is 24.0 Å². The number of guanidine groups is 1. The standard InChI is InChI=1S/C19H29N3O.HI/c1-12(2)13-7-5-8-14(11-13)21-18(20)22-16-15-9-6-10-23-17(15)19(16,3)4;/h5,7-8,11-12,15-17H,6,9-10H2,1-4H3,(H3,20,21,22);1H. The van der Waals surface area contributed by atoms with E-state index in [9.17, 15) is 0 Å². The molecule has 0 radical (unpaired) electrons. The van der Waals surface area contributed by atoms with E-state index >= 15 is 0 Å². The fourth-order valence-electron chi connectivity index (χ4n) is 4.06. The molecule has 3 unspecified atom stereocenters. The number of rotatable bonds is 3. The van der Waals surface area contributed by atoms with Gasteiger partial charge in [-0.1, -0.05) is 39.8 Å². The number of aliphatic imine (C=N–C) groups is 1. The van der Waals surface area contributed by atoms with Gasteiger partial charge in [0.15, 0.2) is 5.96 Å². The van der Waals surface area contributed by atoms with Crippen LogP contribution < -0.4 is 11.1 Å². The van der Waals surface area contributed by atoms with Crippen molar-refractivity contribution in [2.24, 2.45) is 22.1 Å². The minimum Gasteiger partial charge on any atom is -0.377 e. The Hall–Kier alpha value is -0.820. The van der Waals surface area contributed by atoms with E-state index in [1.807, 2.05) is 6.07 Å². The first-order valence-corrected chi connectivity index (χ1v) is 8.71. The Morgan fingerprint density at radius 3 is 2.83 bits per heavy atom. The van der Waals surface area contributed by atoms with Crippen molar-refractivity contribution in [3.05, 3.63) is 29.8 Å². The zero-order chi connectivity index (χ0) is 16.6. The quantitative estimate of drug-likeness (QED) is 0.415. The minimum atomic E-state index is 0. The van der Waals surface area contributed by atoms with Gasteiger partial charge in [-0.15, -0.1) is 24.0 Å². The highest BCUT2D eigenvalue weighted by molar-refractivity contribution is 14.0. The lowest BCUT2D eigenvalue weighted by Gasteiger charge is -2.58. The fraction of sp³-hybridized carbons (Fsp3) is 0.632. The van der Waals surface area contributed by atoms with Crippen LogP contribution in [-0.4, -0.2) is 24.7 Å². The van der Waals surface area contributed by atoms with Crippen molar-refractivity contribution in [3.63, 3.8) is 0 Å². The van der Waals surface area contributed by atoms with Gasteiger partial charge in [0.25, 0.3) is 0 Å². The van der Waals surface area contributed by atoms with E-state index in [0.29, 0.717) is 23.9 Å². The number of nitrogens with two attached hydrogens (primary N) is 1. The van der Waals surface area contributed by atoms with Crippen LogP contribution in [0.4, 0.5) is 5.69 Å². The van der Waals surface area contributed by atoms with Crippen molar-refractivity contribution in [1.29, 1.82) is 0 Å². The van der Waals surface area contributed by atoms with Crippen molar-refractivity contribution in [2.45, 2.75) is 58.6 Å². The van der Waals surface area contributed by atoms with E-state index < -0.39 is 0 Å². The molecular weight excluding hydrogens is 413 g/mol. The maximum absolute atomic E-state index is 6.18. The van der Waals surface area contributed by atoms with Crippen LogP contribution in [0.1, 0.15) is 52.0 Å². The van der Waals surface area contributed by atoms with Gasteiger partial charge in [0, 0.05) is 23.6 Å². The first kappa shape index (κ1) is 19.5. The van der Waals surface area contributed by atoms with Gasteiger partial charge >= 0.3 is 0 Å². The van der Waals surface area contributed by atoms with Crippen LogP contribution in [0.2, 0.25) is 0 Å². The van der Waals surface area contributed by atoms with Gasteiger partial charge in [-0.25, -0.2) is 4.99 Å². The fourth-order valence-corrected chi connectivity index (χ4v) is 4.06. The summed E-state index contributed by atoms with van der Waals surface area (Å²) < 4.78 is 5.93. The summed E-state index contributed by atoms with van der Waals surface area (Å²) in [5.74, 6) is 1.52. The Bertz CT molecular complexity index is 600. The van der Waals surface area contributed by atoms with E-state index in [0.717, 1.165) is 18.7 Å². The van der Waals surface area contributed by atoms with Crippen molar-refractivity contribution in [3.8, 4) is 0 Å². The maximum Gasteiger partial charge on any atom is 0.193 e. The topological polar surface area (TPSA) is 59.6 Å². The summed E-state index contributed by atoms with van der Waals surface area (Å²) in [6.45, 7) is 9.74. The third kappa shape index (κ3) is 3.72. The minimum absolute atomic E-state index is 0. The lowest BCUT2D eigenvalue weighted by molar-refractivity contribution is -0.182. The Morgan fingerprint density at radius 2 is 2.12 bits per heavy atom. The number of halogens is 1. The predicted octanol–water partition coefficient (Wildman–Crippen LogP) is 4.36. The van der Waals surface area contributed by atoms with Gasteiger partial charge < -0.3 is 15.8 Å². The first-order valence-electron chi connectivity index (χ1n) is 8.71. The molecule has 1 aromatic carbocycles. The molecule has 3 rings (SSSR count). The molecule has 3 N–H and O–H groups in total.